The summed E-state index contributed by atoms with van der Waals surface area (Å²) in [6.45, 7) is 0. The Kier molecular flexibility index (Phi) is 16.7. The second kappa shape index (κ2) is 20.4. The van der Waals surface area contributed by atoms with Crippen molar-refractivity contribution in [2.75, 3.05) is 28.6 Å². The number of anilines is 4. The van der Waals surface area contributed by atoms with E-state index in [0.29, 0.717) is 16.5 Å². The molecule has 0 heterocycles. The van der Waals surface area contributed by atoms with Crippen molar-refractivity contribution in [3.63, 3.8) is 0 Å². The van der Waals surface area contributed by atoms with Crippen LogP contribution in [0.25, 0.3) is 22.9 Å². The van der Waals surface area contributed by atoms with Crippen LogP contribution in [0.4, 0.5) is 27.5 Å². The van der Waals surface area contributed by atoms with Crippen LogP contribution >= 0.6 is 0 Å². The van der Waals surface area contributed by atoms with E-state index in [1.807, 2.05) is 0 Å². The maximum atomic E-state index is 13.5. The van der Waals surface area contributed by atoms with E-state index in [2.05, 4.69) is 31.7 Å². The summed E-state index contributed by atoms with van der Waals surface area (Å²) < 4.78 is 113. The number of para-hydroxylation sites is 2. The molecule has 5 aromatic carbocycles. The number of allylic oxidation sites excluding steroid dienone is 2. The molecule has 2 amide bonds. The second-order valence-electron chi connectivity index (χ2n) is 12.8. The molecule has 2 aliphatic rings. The minimum atomic E-state index is -5.30. The van der Waals surface area contributed by atoms with Crippen LogP contribution in [0.2, 0.25) is 0 Å². The molecule has 0 aromatic heterocycles. The van der Waals surface area contributed by atoms with Gasteiger partial charge < -0.3 is 29.0 Å². The number of ether oxygens (including phenoxy) is 1. The van der Waals surface area contributed by atoms with Crippen LogP contribution < -0.4 is 115 Å². The van der Waals surface area contributed by atoms with Crippen LogP contribution in [0.5, 0.6) is 5.75 Å². The first-order chi connectivity index (χ1) is 28.3. The Morgan fingerprint density at radius 3 is 1.56 bits per heavy atom. The van der Waals surface area contributed by atoms with Gasteiger partial charge in [0.2, 0.25) is 11.6 Å². The molecule has 0 fully saturated rings. The molecule has 63 heavy (non-hydrogen) atoms. The number of methoxy groups -OCH3 is 1. The third kappa shape index (κ3) is 11.6. The smallest absolute Gasteiger partial charge is 0.744 e. The zero-order valence-electron chi connectivity index (χ0n) is 33.3. The fourth-order valence-electron chi connectivity index (χ4n) is 6.14. The van der Waals surface area contributed by atoms with E-state index in [-0.39, 0.29) is 134 Å². The fourth-order valence-corrected chi connectivity index (χ4v) is 7.94. The topological polar surface area (TPSA) is 305 Å². The number of nitrogens with one attached hydrogen (secondary N) is 4. The molecule has 7 rings (SSSR count). The van der Waals surface area contributed by atoms with E-state index in [1.165, 1.54) is 73.8 Å². The number of hydrogen-bond acceptors (Lipinski definition) is 17. The summed E-state index contributed by atoms with van der Waals surface area (Å²) in [5.41, 5.74) is 4.07. The molecule has 0 saturated heterocycles. The summed E-state index contributed by atoms with van der Waals surface area (Å²) in [7, 11) is -13.9. The molecule has 0 saturated carbocycles. The van der Waals surface area contributed by atoms with Crippen molar-refractivity contribution < 1.29 is 147 Å². The number of amides is 2. The molecule has 0 unspecified atom stereocenters. The number of rotatable bonds is 10. The van der Waals surface area contributed by atoms with E-state index >= 15 is 0 Å². The predicted molar refractivity (Wildman–Crippen MR) is 217 cm³/mol. The number of ketones is 2. The first kappa shape index (κ1) is 51.6. The molecule has 0 radical (unpaired) electrons. The van der Waals surface area contributed by atoms with Crippen molar-refractivity contribution in [3.8, 4) is 5.75 Å². The van der Waals surface area contributed by atoms with E-state index in [4.69, 9.17) is 4.74 Å². The van der Waals surface area contributed by atoms with Gasteiger partial charge in [0.1, 0.15) is 47.5 Å². The standard InChI is InChI=1S/C38H28N6O13S3.3Na/c1-57-31-5-3-2-4-30(31)42-44-35-33(60(54,55)56)19-23-16-25(10-13-29(23)37(35)46)40-38(47)39-24-9-12-28-22(15-24)18-32(59(51,52)53)34(36(28)45)43-41-26-8-6-21-17-27(58(48,49)50)11-7-20(21)14-26;;;/h2-19,41-42H,1H3,(H2,39,40,47)(H,48,49,50)(H,51,52,53)(H,54,55,56);;;/q;3*+1/p-3/b43-34+,44-35-;;;. The molecular formula is C38H25N6Na3O13S3. The minimum Gasteiger partial charge on any atom is -0.744 e. The Labute approximate surface area is 425 Å². The predicted octanol–water partition coefficient (Wildman–Crippen LogP) is -4.49. The number of carbonyl (C=O) groups excluding carboxylic acids is 3. The average Bonchev–Trinajstić information content (AvgIpc) is 3.18. The number of carbonyl (C=O) groups is 3. The Balaban J connectivity index is 0.00000290. The fraction of sp³-hybridized carbons (Fsp3) is 0.0263. The largest absolute Gasteiger partial charge is 1.00 e. The number of fused-ring (bicyclic) bond motifs is 3. The van der Waals surface area contributed by atoms with Crippen LogP contribution in [0, 0.1) is 0 Å². The second-order valence-corrected chi connectivity index (χ2v) is 16.9. The molecule has 19 nitrogen and oxygen atoms in total. The van der Waals surface area contributed by atoms with Crippen molar-refractivity contribution in [3.05, 3.63) is 129 Å². The maximum Gasteiger partial charge on any atom is 1.00 e. The molecule has 5 aromatic rings. The number of urea groups is 1. The molecule has 25 heteroatoms. The van der Waals surface area contributed by atoms with Crippen molar-refractivity contribution in [1.29, 1.82) is 0 Å². The molecule has 0 bridgehead atoms. The van der Waals surface area contributed by atoms with Gasteiger partial charge in [-0.1, -0.05) is 24.3 Å². The molecular weight excluding hydrogens is 914 g/mol. The van der Waals surface area contributed by atoms with Crippen LogP contribution in [-0.4, -0.2) is 75.0 Å². The monoisotopic (exact) mass is 938 g/mol. The zero-order valence-corrected chi connectivity index (χ0v) is 41.8. The van der Waals surface area contributed by atoms with Crippen molar-refractivity contribution in [1.82, 2.24) is 0 Å². The maximum absolute atomic E-state index is 13.5. The van der Waals surface area contributed by atoms with Crippen molar-refractivity contribution in [2.45, 2.75) is 4.90 Å². The number of Topliss-reactive ketones (excluding diaryl/α,β-unsaturated/α-hetero) is 2. The van der Waals surface area contributed by atoms with Gasteiger partial charge >= 0.3 is 94.7 Å². The van der Waals surface area contributed by atoms with E-state index in [9.17, 15) is 53.3 Å². The van der Waals surface area contributed by atoms with Crippen LogP contribution in [-0.2, 0) is 30.4 Å². The van der Waals surface area contributed by atoms with Crippen LogP contribution in [0.1, 0.15) is 31.8 Å². The van der Waals surface area contributed by atoms with Crippen molar-refractivity contribution in [2.24, 2.45) is 10.2 Å². The number of hydrogen-bond donors (Lipinski definition) is 4. The molecule has 0 aliphatic heterocycles. The normalized spacial score (nSPS) is 14.7. The third-order valence-corrected chi connectivity index (χ3v) is 11.4. The third-order valence-electron chi connectivity index (χ3n) is 8.91. The van der Waals surface area contributed by atoms with Gasteiger partial charge in [-0.15, -0.1) is 0 Å². The summed E-state index contributed by atoms with van der Waals surface area (Å²) in [6, 6.07) is 21.2. The molecule has 0 spiro atoms. The Hall–Kier alpha value is -4.08. The first-order valence-electron chi connectivity index (χ1n) is 16.9. The summed E-state index contributed by atoms with van der Waals surface area (Å²) in [6.07, 6.45) is 1.85. The average molecular weight is 939 g/mol. The molecule has 4 N–H and O–H groups in total. The van der Waals surface area contributed by atoms with Gasteiger partial charge in [0, 0.05) is 22.5 Å². The number of benzene rings is 5. The summed E-state index contributed by atoms with van der Waals surface area (Å²) in [5, 5.41) is 13.6. The van der Waals surface area contributed by atoms with E-state index in [0.717, 1.165) is 18.2 Å². The van der Waals surface area contributed by atoms with E-state index < -0.39 is 74.1 Å². The zero-order chi connectivity index (χ0) is 43.1. The van der Waals surface area contributed by atoms with Crippen molar-refractivity contribution >= 4 is 105 Å². The quantitative estimate of drug-likeness (QED) is 0.0583. The van der Waals surface area contributed by atoms with Crippen LogP contribution in [0.3, 0.4) is 0 Å². The SMILES string of the molecule is COc1ccccc1N/N=C1\C(=O)c2ccc(NC(=O)Nc3ccc4c(c3)C=C(S(=O)(=O)[O-])/C(=N\Nc3ccc5cc(S(=O)(=O)[O-])ccc5c3)C4=O)cc2C=C1S(=O)(=O)[O-].[Na+].[Na+].[Na+]. The molecule has 0 atom stereocenters. The summed E-state index contributed by atoms with van der Waals surface area (Å²) in [4.78, 5) is 37.6. The van der Waals surface area contributed by atoms with Gasteiger partial charge in [0.05, 0.1) is 33.2 Å². The van der Waals surface area contributed by atoms with Crippen LogP contribution in [0.15, 0.2) is 122 Å². The van der Waals surface area contributed by atoms with Gasteiger partial charge in [0.25, 0.3) is 0 Å². The molecule has 2 aliphatic carbocycles. The van der Waals surface area contributed by atoms with Gasteiger partial charge in [-0.25, -0.2) is 30.0 Å². The minimum absolute atomic E-state index is 0. The Morgan fingerprint density at radius 1 is 0.571 bits per heavy atom. The summed E-state index contributed by atoms with van der Waals surface area (Å²) >= 11 is 0. The van der Waals surface area contributed by atoms with Gasteiger partial charge in [-0.2, -0.15) is 10.2 Å². The Morgan fingerprint density at radius 2 is 1.05 bits per heavy atom. The molecule has 306 valence electrons. The van der Waals surface area contributed by atoms with E-state index in [1.54, 1.807) is 24.3 Å². The van der Waals surface area contributed by atoms with Gasteiger partial charge in [-0.3, -0.25) is 20.4 Å². The Bertz CT molecular complexity index is 3200. The number of nitrogens with zero attached hydrogens (tertiary/aromatic N) is 2. The first-order valence-corrected chi connectivity index (χ1v) is 21.1. The summed E-state index contributed by atoms with van der Waals surface area (Å²) in [5.74, 6) is -1.52. The van der Waals surface area contributed by atoms with Gasteiger partial charge in [-0.05, 0) is 107 Å². The number of hydrazone groups is 2. The van der Waals surface area contributed by atoms with Gasteiger partial charge in [0.15, 0.2) is 0 Å².